The van der Waals surface area contributed by atoms with Crippen LogP contribution < -0.4 is 0 Å². The summed E-state index contributed by atoms with van der Waals surface area (Å²) in [6.07, 6.45) is 0. The third-order valence-electron chi connectivity index (χ3n) is 4.41. The lowest BCUT2D eigenvalue weighted by molar-refractivity contribution is -0.131. The van der Waals surface area contributed by atoms with E-state index < -0.39 is 15.8 Å². The maximum absolute atomic E-state index is 13.0. The van der Waals surface area contributed by atoms with Crippen molar-refractivity contribution in [1.82, 2.24) is 9.21 Å². The summed E-state index contributed by atoms with van der Waals surface area (Å²) in [5.41, 5.74) is 0. The Hall–Kier alpha value is -1.90. The van der Waals surface area contributed by atoms with E-state index in [1.807, 2.05) is 37.3 Å². The number of halogens is 1. The smallest absolute Gasteiger partial charge is 0.243 e. The molecule has 144 valence electrons. The van der Waals surface area contributed by atoms with Gasteiger partial charge < -0.3 is 4.90 Å². The van der Waals surface area contributed by atoms with Crippen LogP contribution in [0.5, 0.6) is 0 Å². The van der Waals surface area contributed by atoms with Crippen molar-refractivity contribution < 1.29 is 17.6 Å². The van der Waals surface area contributed by atoms with Gasteiger partial charge in [0.05, 0.1) is 10.1 Å². The minimum atomic E-state index is -3.67. The van der Waals surface area contributed by atoms with E-state index in [2.05, 4.69) is 0 Å². The van der Waals surface area contributed by atoms with Crippen molar-refractivity contribution in [3.63, 3.8) is 0 Å². The van der Waals surface area contributed by atoms with Gasteiger partial charge in [-0.1, -0.05) is 18.2 Å². The number of carbonyl (C=O) groups is 1. The largest absolute Gasteiger partial charge is 0.339 e. The summed E-state index contributed by atoms with van der Waals surface area (Å²) in [5.74, 6) is -0.475. The van der Waals surface area contributed by atoms with Gasteiger partial charge >= 0.3 is 0 Å². The second-order valence-corrected chi connectivity index (χ2v) is 9.61. The quantitative estimate of drug-likeness (QED) is 0.714. The van der Waals surface area contributed by atoms with E-state index in [1.165, 1.54) is 28.2 Å². The van der Waals surface area contributed by atoms with Crippen LogP contribution in [0, 0.1) is 5.82 Å². The number of thioether (sulfide) groups is 1. The zero-order chi connectivity index (χ0) is 19.4. The number of carbonyl (C=O) groups excluding carboxylic acids is 1. The van der Waals surface area contributed by atoms with E-state index >= 15 is 0 Å². The Morgan fingerprint density at radius 2 is 1.59 bits per heavy atom. The molecule has 1 heterocycles. The van der Waals surface area contributed by atoms with Gasteiger partial charge in [0.15, 0.2) is 0 Å². The van der Waals surface area contributed by atoms with Crippen molar-refractivity contribution in [3.8, 4) is 0 Å². The van der Waals surface area contributed by atoms with E-state index in [0.29, 0.717) is 13.1 Å². The fourth-order valence-corrected chi connectivity index (χ4v) is 5.31. The molecule has 0 radical (unpaired) electrons. The standard InChI is InChI=1S/C19H21FN2O3S2/c1-15(26-17-5-3-2-4-6-17)19(23)21-11-13-22(14-12-21)27(24,25)18-9-7-16(20)8-10-18/h2-10,15H,11-14H2,1H3/t15-/m1/s1. The molecular weight excluding hydrogens is 387 g/mol. The zero-order valence-electron chi connectivity index (χ0n) is 14.9. The predicted octanol–water partition coefficient (Wildman–Crippen LogP) is 2.84. The summed E-state index contributed by atoms with van der Waals surface area (Å²) >= 11 is 1.49. The van der Waals surface area contributed by atoms with Gasteiger partial charge in [-0.15, -0.1) is 11.8 Å². The molecule has 0 N–H and O–H groups in total. The van der Waals surface area contributed by atoms with Gasteiger partial charge in [-0.05, 0) is 43.3 Å². The van der Waals surface area contributed by atoms with Crippen LogP contribution in [0.15, 0.2) is 64.4 Å². The van der Waals surface area contributed by atoms with Crippen LogP contribution in [0.25, 0.3) is 0 Å². The second kappa shape index (κ2) is 8.41. The Balaban J connectivity index is 1.59. The minimum absolute atomic E-state index is 0.00248. The highest BCUT2D eigenvalue weighted by Crippen LogP contribution is 2.25. The normalized spacial score (nSPS) is 16.9. The number of benzene rings is 2. The molecule has 2 aromatic rings. The Kier molecular flexibility index (Phi) is 6.18. The first-order valence-corrected chi connectivity index (χ1v) is 11.0. The van der Waals surface area contributed by atoms with E-state index in [9.17, 15) is 17.6 Å². The fraction of sp³-hybridized carbons (Fsp3) is 0.316. The molecule has 5 nitrogen and oxygen atoms in total. The first-order valence-electron chi connectivity index (χ1n) is 8.64. The molecule has 0 spiro atoms. The van der Waals surface area contributed by atoms with Crippen LogP contribution in [0.3, 0.4) is 0 Å². The lowest BCUT2D eigenvalue weighted by Gasteiger charge is -2.35. The maximum atomic E-state index is 13.0. The first kappa shape index (κ1) is 19.9. The molecule has 0 aromatic heterocycles. The molecule has 1 aliphatic heterocycles. The summed E-state index contributed by atoms with van der Waals surface area (Å²) in [6.45, 7) is 3.02. The molecule has 0 saturated carbocycles. The molecule has 0 bridgehead atoms. The summed E-state index contributed by atoms with van der Waals surface area (Å²) in [4.78, 5) is 15.5. The van der Waals surface area contributed by atoms with Crippen LogP contribution in [0.1, 0.15) is 6.92 Å². The Labute approximate surface area is 163 Å². The van der Waals surface area contributed by atoms with Gasteiger partial charge in [0.2, 0.25) is 15.9 Å². The summed E-state index contributed by atoms with van der Waals surface area (Å²) in [7, 11) is -3.67. The molecule has 1 amide bonds. The number of hydrogen-bond acceptors (Lipinski definition) is 4. The molecule has 2 aromatic carbocycles. The number of hydrogen-bond donors (Lipinski definition) is 0. The number of amides is 1. The molecule has 1 saturated heterocycles. The van der Waals surface area contributed by atoms with Gasteiger partial charge in [0, 0.05) is 31.1 Å². The van der Waals surface area contributed by atoms with E-state index in [0.717, 1.165) is 17.0 Å². The van der Waals surface area contributed by atoms with Gasteiger partial charge in [0.1, 0.15) is 5.82 Å². The van der Waals surface area contributed by atoms with Crippen molar-refractivity contribution >= 4 is 27.7 Å². The molecule has 1 aliphatic rings. The molecule has 27 heavy (non-hydrogen) atoms. The topological polar surface area (TPSA) is 57.7 Å². The predicted molar refractivity (Wildman–Crippen MR) is 103 cm³/mol. The zero-order valence-corrected chi connectivity index (χ0v) is 16.5. The maximum Gasteiger partial charge on any atom is 0.243 e. The van der Waals surface area contributed by atoms with Crippen LogP contribution in [-0.4, -0.2) is 55.0 Å². The van der Waals surface area contributed by atoms with Crippen LogP contribution in [0.4, 0.5) is 4.39 Å². The highest BCUT2D eigenvalue weighted by Gasteiger charge is 2.31. The van der Waals surface area contributed by atoms with Crippen molar-refractivity contribution in [3.05, 3.63) is 60.4 Å². The van der Waals surface area contributed by atoms with Crippen molar-refractivity contribution in [2.45, 2.75) is 22.0 Å². The van der Waals surface area contributed by atoms with E-state index in [4.69, 9.17) is 0 Å². The molecule has 8 heteroatoms. The molecule has 3 rings (SSSR count). The van der Waals surface area contributed by atoms with Crippen molar-refractivity contribution in [1.29, 1.82) is 0 Å². The summed E-state index contributed by atoms with van der Waals surface area (Å²) in [5, 5.41) is -0.243. The summed E-state index contributed by atoms with van der Waals surface area (Å²) < 4.78 is 39.7. The fourth-order valence-electron chi connectivity index (χ4n) is 2.92. The van der Waals surface area contributed by atoms with Gasteiger partial charge in [0.25, 0.3) is 0 Å². The van der Waals surface area contributed by atoms with Crippen molar-refractivity contribution in [2.24, 2.45) is 0 Å². The van der Waals surface area contributed by atoms with Gasteiger partial charge in [-0.2, -0.15) is 4.31 Å². The lowest BCUT2D eigenvalue weighted by atomic mass is 10.3. The van der Waals surface area contributed by atoms with Crippen LogP contribution in [0.2, 0.25) is 0 Å². The third-order valence-corrected chi connectivity index (χ3v) is 7.42. The number of sulfonamides is 1. The Morgan fingerprint density at radius 3 is 2.19 bits per heavy atom. The van der Waals surface area contributed by atoms with Crippen LogP contribution in [-0.2, 0) is 14.8 Å². The SMILES string of the molecule is C[C@@H](Sc1ccccc1)C(=O)N1CCN(S(=O)(=O)c2ccc(F)cc2)CC1. The highest BCUT2D eigenvalue weighted by atomic mass is 32.2. The minimum Gasteiger partial charge on any atom is -0.339 e. The average Bonchev–Trinajstić information content (AvgIpc) is 2.68. The first-order chi connectivity index (χ1) is 12.9. The Morgan fingerprint density at radius 1 is 1.00 bits per heavy atom. The molecule has 0 unspecified atom stereocenters. The number of rotatable bonds is 5. The average molecular weight is 409 g/mol. The van der Waals surface area contributed by atoms with Gasteiger partial charge in [-0.25, -0.2) is 12.8 Å². The molecule has 1 atom stereocenters. The third kappa shape index (κ3) is 4.69. The molecule has 0 aliphatic carbocycles. The summed E-state index contributed by atoms with van der Waals surface area (Å²) in [6, 6.07) is 14.5. The van der Waals surface area contributed by atoms with Gasteiger partial charge in [-0.3, -0.25) is 4.79 Å². The monoisotopic (exact) mass is 408 g/mol. The van der Waals surface area contributed by atoms with E-state index in [1.54, 1.807) is 4.90 Å². The highest BCUT2D eigenvalue weighted by molar-refractivity contribution is 8.00. The van der Waals surface area contributed by atoms with Crippen molar-refractivity contribution in [2.75, 3.05) is 26.2 Å². The number of piperazine rings is 1. The van der Waals surface area contributed by atoms with Crippen LogP contribution >= 0.6 is 11.8 Å². The lowest BCUT2D eigenvalue weighted by Crippen LogP contribution is -2.52. The van der Waals surface area contributed by atoms with E-state index in [-0.39, 0.29) is 29.1 Å². The molecule has 1 fully saturated rings. The Bertz CT molecular complexity index is 881. The second-order valence-electron chi connectivity index (χ2n) is 6.26. The molecular formula is C19H21FN2O3S2. The number of nitrogens with zero attached hydrogens (tertiary/aromatic N) is 2.